The highest BCUT2D eigenvalue weighted by Crippen LogP contribution is 2.21. The number of rotatable bonds is 19. The molecule has 0 bridgehead atoms. The van der Waals surface area contributed by atoms with E-state index in [1.807, 2.05) is 49.4 Å². The molecule has 6 heteroatoms. The number of Topliss-reactive ketones (excluding diaryl/α,β-unsaturated/α-hetero) is 1. The molecule has 37 heavy (non-hydrogen) atoms. The molecular weight excluding hydrogens is 464 g/mol. The number of carboxylic acid groups (broad SMARTS) is 1. The quantitative estimate of drug-likeness (QED) is 0.195. The van der Waals surface area contributed by atoms with Gasteiger partial charge in [-0.25, -0.2) is 0 Å². The molecule has 0 heterocycles. The number of ketones is 1. The maximum Gasteiger partial charge on any atom is 0.320 e. The zero-order chi connectivity index (χ0) is 27.0. The highest BCUT2D eigenvalue weighted by Gasteiger charge is 2.25. The molecule has 204 valence electrons. The van der Waals surface area contributed by atoms with Gasteiger partial charge in [0.2, 0.25) is 5.91 Å². The standard InChI is InChI=1S/C31H46N2O4/c1-3-4-5-6-7-8-9-10-11-19-30(35)33-28(29(34)21-23(2)20-27(32)31(36)37)22-25-17-14-16-24-15-12-13-18-26(24)25/h12-18,23,27-28H,3-11,19-22,32H2,1-2H3,(H,33,35)(H,36,37)/t23?,27-,28?/m0/s1. The summed E-state index contributed by atoms with van der Waals surface area (Å²) in [5, 5.41) is 14.3. The van der Waals surface area contributed by atoms with Crippen LogP contribution in [0.15, 0.2) is 42.5 Å². The number of hydrogen-bond donors (Lipinski definition) is 3. The molecule has 2 unspecified atom stereocenters. The van der Waals surface area contributed by atoms with Gasteiger partial charge in [0.1, 0.15) is 6.04 Å². The largest absolute Gasteiger partial charge is 0.480 e. The zero-order valence-corrected chi connectivity index (χ0v) is 22.7. The Bertz CT molecular complexity index is 985. The van der Waals surface area contributed by atoms with Crippen LogP contribution in [0.25, 0.3) is 10.8 Å². The number of benzene rings is 2. The van der Waals surface area contributed by atoms with Crippen LogP contribution in [0.2, 0.25) is 0 Å². The van der Waals surface area contributed by atoms with E-state index in [1.165, 1.54) is 38.5 Å². The van der Waals surface area contributed by atoms with Gasteiger partial charge in [0.25, 0.3) is 0 Å². The zero-order valence-electron chi connectivity index (χ0n) is 22.7. The number of fused-ring (bicyclic) bond motifs is 1. The maximum absolute atomic E-state index is 13.3. The molecular formula is C31H46N2O4. The van der Waals surface area contributed by atoms with Gasteiger partial charge in [-0.05, 0) is 35.1 Å². The lowest BCUT2D eigenvalue weighted by molar-refractivity contribution is -0.139. The summed E-state index contributed by atoms with van der Waals surface area (Å²) in [4.78, 5) is 37.2. The molecule has 0 fully saturated rings. The highest BCUT2D eigenvalue weighted by atomic mass is 16.4. The van der Waals surface area contributed by atoms with E-state index in [9.17, 15) is 14.4 Å². The van der Waals surface area contributed by atoms with Gasteiger partial charge in [-0.15, -0.1) is 0 Å². The molecule has 0 saturated heterocycles. The van der Waals surface area contributed by atoms with Gasteiger partial charge in [-0.3, -0.25) is 14.4 Å². The van der Waals surface area contributed by atoms with Crippen molar-refractivity contribution in [3.05, 3.63) is 48.0 Å². The first kappa shape index (κ1) is 30.5. The lowest BCUT2D eigenvalue weighted by atomic mass is 9.90. The Morgan fingerprint density at radius 1 is 0.892 bits per heavy atom. The summed E-state index contributed by atoms with van der Waals surface area (Å²) in [6.07, 6.45) is 11.8. The summed E-state index contributed by atoms with van der Waals surface area (Å²) in [6, 6.07) is 12.4. The molecule has 4 N–H and O–H groups in total. The SMILES string of the molecule is CCCCCCCCCCCC(=O)NC(Cc1cccc2ccccc12)C(=O)CC(C)C[C@H](N)C(=O)O. The summed E-state index contributed by atoms with van der Waals surface area (Å²) < 4.78 is 0. The summed E-state index contributed by atoms with van der Waals surface area (Å²) in [6.45, 7) is 4.06. The van der Waals surface area contributed by atoms with Crippen molar-refractivity contribution < 1.29 is 19.5 Å². The molecule has 0 radical (unpaired) electrons. The number of nitrogens with two attached hydrogens (primary N) is 1. The van der Waals surface area contributed by atoms with Crippen molar-refractivity contribution in [2.45, 2.75) is 109 Å². The fraction of sp³-hybridized carbons (Fsp3) is 0.581. The number of hydrogen-bond acceptors (Lipinski definition) is 4. The van der Waals surface area contributed by atoms with Crippen molar-refractivity contribution in [3.8, 4) is 0 Å². The minimum Gasteiger partial charge on any atom is -0.480 e. The van der Waals surface area contributed by atoms with Gasteiger partial charge in [0.15, 0.2) is 5.78 Å². The van der Waals surface area contributed by atoms with Crippen LogP contribution in [-0.4, -0.2) is 34.8 Å². The normalized spacial score (nSPS) is 13.7. The Labute approximate surface area is 222 Å². The van der Waals surface area contributed by atoms with Crippen LogP contribution in [0.4, 0.5) is 0 Å². The van der Waals surface area contributed by atoms with E-state index in [0.29, 0.717) is 12.8 Å². The van der Waals surface area contributed by atoms with Crippen LogP contribution < -0.4 is 11.1 Å². The van der Waals surface area contributed by atoms with Gasteiger partial charge >= 0.3 is 5.97 Å². The lowest BCUT2D eigenvalue weighted by Gasteiger charge is -2.21. The number of carboxylic acids is 1. The van der Waals surface area contributed by atoms with Crippen molar-refractivity contribution in [1.82, 2.24) is 5.32 Å². The number of nitrogens with one attached hydrogen (secondary N) is 1. The van der Waals surface area contributed by atoms with Crippen LogP contribution in [0.5, 0.6) is 0 Å². The average molecular weight is 511 g/mol. The minimum atomic E-state index is -1.07. The van der Waals surface area contributed by atoms with Gasteiger partial charge in [-0.2, -0.15) is 0 Å². The first-order valence-corrected chi connectivity index (χ1v) is 14.1. The van der Waals surface area contributed by atoms with Crippen molar-refractivity contribution >= 4 is 28.4 Å². The van der Waals surface area contributed by atoms with Crippen LogP contribution >= 0.6 is 0 Å². The van der Waals surface area contributed by atoms with Crippen LogP contribution in [0, 0.1) is 5.92 Å². The lowest BCUT2D eigenvalue weighted by Crippen LogP contribution is -2.43. The summed E-state index contributed by atoms with van der Waals surface area (Å²) in [7, 11) is 0. The Morgan fingerprint density at radius 3 is 2.19 bits per heavy atom. The smallest absolute Gasteiger partial charge is 0.320 e. The Morgan fingerprint density at radius 2 is 1.51 bits per heavy atom. The van der Waals surface area contributed by atoms with Crippen molar-refractivity contribution in [2.24, 2.45) is 11.7 Å². The van der Waals surface area contributed by atoms with Gasteiger partial charge in [0.05, 0.1) is 6.04 Å². The monoisotopic (exact) mass is 510 g/mol. The topological polar surface area (TPSA) is 109 Å². The van der Waals surface area contributed by atoms with Crippen molar-refractivity contribution in [3.63, 3.8) is 0 Å². The first-order chi connectivity index (χ1) is 17.8. The molecule has 2 aromatic carbocycles. The number of aliphatic carboxylic acids is 1. The van der Waals surface area contributed by atoms with E-state index in [0.717, 1.165) is 35.6 Å². The Hall–Kier alpha value is -2.73. The fourth-order valence-electron chi connectivity index (χ4n) is 4.90. The molecule has 3 atom stereocenters. The first-order valence-electron chi connectivity index (χ1n) is 14.1. The highest BCUT2D eigenvalue weighted by molar-refractivity contribution is 5.91. The molecule has 1 amide bonds. The second kappa shape index (κ2) is 16.9. The molecule has 6 nitrogen and oxygen atoms in total. The van der Waals surface area contributed by atoms with Crippen LogP contribution in [0.3, 0.4) is 0 Å². The molecule has 0 aliphatic rings. The van der Waals surface area contributed by atoms with Crippen molar-refractivity contribution in [1.29, 1.82) is 0 Å². The third-order valence-corrected chi connectivity index (χ3v) is 7.06. The number of carbonyl (C=O) groups is 3. The van der Waals surface area contributed by atoms with E-state index in [-0.39, 0.29) is 30.4 Å². The molecule has 2 aromatic rings. The summed E-state index contributed by atoms with van der Waals surface area (Å²) in [5.74, 6) is -1.45. The predicted molar refractivity (Wildman–Crippen MR) is 150 cm³/mol. The van der Waals surface area contributed by atoms with E-state index < -0.39 is 18.1 Å². The van der Waals surface area contributed by atoms with E-state index in [2.05, 4.69) is 12.2 Å². The molecule has 0 aliphatic carbocycles. The third kappa shape index (κ3) is 11.5. The molecule has 0 spiro atoms. The second-order valence-corrected chi connectivity index (χ2v) is 10.5. The van der Waals surface area contributed by atoms with E-state index >= 15 is 0 Å². The average Bonchev–Trinajstić information content (AvgIpc) is 2.87. The molecule has 2 rings (SSSR count). The van der Waals surface area contributed by atoms with Crippen molar-refractivity contribution in [2.75, 3.05) is 0 Å². The predicted octanol–water partition coefficient (Wildman–Crippen LogP) is 6.19. The minimum absolute atomic E-state index is 0.0848. The molecule has 0 saturated carbocycles. The number of unbranched alkanes of at least 4 members (excludes halogenated alkanes) is 8. The van der Waals surface area contributed by atoms with Gasteiger partial charge in [-0.1, -0.05) is 108 Å². The number of carbonyl (C=O) groups excluding carboxylic acids is 2. The van der Waals surface area contributed by atoms with Crippen LogP contribution in [-0.2, 0) is 20.8 Å². The third-order valence-electron chi connectivity index (χ3n) is 7.06. The van der Waals surface area contributed by atoms with E-state index in [4.69, 9.17) is 10.8 Å². The summed E-state index contributed by atoms with van der Waals surface area (Å²) in [5.41, 5.74) is 6.68. The fourth-order valence-corrected chi connectivity index (χ4v) is 4.90. The van der Waals surface area contributed by atoms with E-state index in [1.54, 1.807) is 0 Å². The van der Waals surface area contributed by atoms with Crippen LogP contribution in [0.1, 0.15) is 96.5 Å². The van der Waals surface area contributed by atoms with Gasteiger partial charge < -0.3 is 16.2 Å². The van der Waals surface area contributed by atoms with Gasteiger partial charge in [0, 0.05) is 19.3 Å². The Balaban J connectivity index is 1.96. The molecule has 0 aliphatic heterocycles. The second-order valence-electron chi connectivity index (χ2n) is 10.5. The Kier molecular flexibility index (Phi) is 13.9. The summed E-state index contributed by atoms with van der Waals surface area (Å²) >= 11 is 0. The number of amides is 1. The molecule has 0 aromatic heterocycles. The maximum atomic E-state index is 13.3.